The van der Waals surface area contributed by atoms with Crippen molar-refractivity contribution in [3.63, 3.8) is 0 Å². The van der Waals surface area contributed by atoms with Gasteiger partial charge in [-0.3, -0.25) is 14.3 Å². The molecule has 1 fully saturated rings. The second-order valence-electron chi connectivity index (χ2n) is 6.94. The molecule has 0 atom stereocenters. The van der Waals surface area contributed by atoms with Crippen molar-refractivity contribution in [2.45, 2.75) is 11.7 Å². The Morgan fingerprint density at radius 1 is 1.07 bits per heavy atom. The zero-order chi connectivity index (χ0) is 20.8. The van der Waals surface area contributed by atoms with Crippen LogP contribution in [0.25, 0.3) is 11.4 Å². The van der Waals surface area contributed by atoms with E-state index >= 15 is 0 Å². The van der Waals surface area contributed by atoms with Crippen molar-refractivity contribution in [1.82, 2.24) is 24.6 Å². The van der Waals surface area contributed by atoms with E-state index in [0.29, 0.717) is 17.5 Å². The number of carbonyl (C=O) groups excluding carboxylic acids is 1. The van der Waals surface area contributed by atoms with Gasteiger partial charge in [-0.15, -0.1) is 16.8 Å². The monoisotopic (exact) mass is 420 g/mol. The Labute approximate surface area is 180 Å². The number of pyridine rings is 1. The van der Waals surface area contributed by atoms with Gasteiger partial charge in [0.25, 0.3) is 0 Å². The number of hydrogen-bond acceptors (Lipinski definition) is 6. The number of rotatable bonds is 7. The van der Waals surface area contributed by atoms with Crippen LogP contribution < -0.4 is 4.90 Å². The van der Waals surface area contributed by atoms with E-state index in [-0.39, 0.29) is 5.91 Å². The van der Waals surface area contributed by atoms with Crippen LogP contribution in [0.15, 0.2) is 72.7 Å². The van der Waals surface area contributed by atoms with Crippen molar-refractivity contribution < 1.29 is 4.79 Å². The van der Waals surface area contributed by atoms with E-state index in [1.165, 1.54) is 17.4 Å². The number of piperazine rings is 1. The second-order valence-corrected chi connectivity index (χ2v) is 7.88. The standard InChI is InChI=1S/C22H24N6OS/c1-2-11-28-21(18-7-6-10-23-16-18)24-25-22(28)30-17-20(29)27-14-12-26(13-15-27)19-8-4-3-5-9-19/h2-10,16H,1,11-15,17H2. The quantitative estimate of drug-likeness (QED) is 0.432. The largest absolute Gasteiger partial charge is 0.368 e. The Balaban J connectivity index is 1.36. The van der Waals surface area contributed by atoms with Gasteiger partial charge in [-0.1, -0.05) is 36.0 Å². The summed E-state index contributed by atoms with van der Waals surface area (Å²) in [4.78, 5) is 21.2. The third kappa shape index (κ3) is 4.54. The summed E-state index contributed by atoms with van der Waals surface area (Å²) in [6, 6.07) is 14.1. The molecule has 0 unspecified atom stereocenters. The first-order valence-electron chi connectivity index (χ1n) is 9.91. The molecule has 2 aromatic heterocycles. The molecule has 4 rings (SSSR count). The van der Waals surface area contributed by atoms with E-state index < -0.39 is 0 Å². The average molecular weight is 421 g/mol. The summed E-state index contributed by atoms with van der Waals surface area (Å²) >= 11 is 1.42. The molecule has 0 radical (unpaired) electrons. The smallest absolute Gasteiger partial charge is 0.233 e. The minimum Gasteiger partial charge on any atom is -0.368 e. The summed E-state index contributed by atoms with van der Waals surface area (Å²) in [5.41, 5.74) is 2.10. The van der Waals surface area contributed by atoms with Crippen molar-refractivity contribution in [2.24, 2.45) is 0 Å². The molecule has 1 amide bonds. The van der Waals surface area contributed by atoms with E-state index in [9.17, 15) is 4.79 Å². The highest BCUT2D eigenvalue weighted by atomic mass is 32.2. The Morgan fingerprint density at radius 2 is 1.87 bits per heavy atom. The lowest BCUT2D eigenvalue weighted by Crippen LogP contribution is -2.49. The summed E-state index contributed by atoms with van der Waals surface area (Å²) in [7, 11) is 0. The van der Waals surface area contributed by atoms with Gasteiger partial charge in [0.2, 0.25) is 5.91 Å². The van der Waals surface area contributed by atoms with Crippen molar-refractivity contribution in [3.8, 4) is 11.4 Å². The van der Waals surface area contributed by atoms with Gasteiger partial charge in [-0.25, -0.2) is 0 Å². The van der Waals surface area contributed by atoms with Crippen molar-refractivity contribution in [1.29, 1.82) is 0 Å². The number of nitrogens with zero attached hydrogens (tertiary/aromatic N) is 6. The zero-order valence-electron chi connectivity index (χ0n) is 16.7. The first-order chi connectivity index (χ1) is 14.8. The normalized spacial score (nSPS) is 14.0. The highest BCUT2D eigenvalue weighted by Gasteiger charge is 2.22. The number of amides is 1. The molecule has 3 heterocycles. The predicted molar refractivity (Wildman–Crippen MR) is 119 cm³/mol. The number of anilines is 1. The molecule has 1 aliphatic rings. The minimum absolute atomic E-state index is 0.129. The van der Waals surface area contributed by atoms with Crippen LogP contribution in [0.2, 0.25) is 0 Å². The summed E-state index contributed by atoms with van der Waals surface area (Å²) < 4.78 is 1.97. The molecular weight excluding hydrogens is 396 g/mol. The van der Waals surface area contributed by atoms with Gasteiger partial charge in [0.15, 0.2) is 11.0 Å². The molecule has 8 heteroatoms. The van der Waals surface area contributed by atoms with Crippen LogP contribution in [-0.4, -0.2) is 62.5 Å². The third-order valence-electron chi connectivity index (χ3n) is 5.03. The lowest BCUT2D eigenvalue weighted by molar-refractivity contribution is -0.128. The van der Waals surface area contributed by atoms with Gasteiger partial charge < -0.3 is 9.80 Å². The van der Waals surface area contributed by atoms with Crippen molar-refractivity contribution in [3.05, 3.63) is 67.5 Å². The number of para-hydroxylation sites is 1. The fourth-order valence-electron chi connectivity index (χ4n) is 3.47. The minimum atomic E-state index is 0.129. The molecule has 0 bridgehead atoms. The van der Waals surface area contributed by atoms with Crippen LogP contribution in [0, 0.1) is 0 Å². The maximum atomic E-state index is 12.8. The van der Waals surface area contributed by atoms with Crippen LogP contribution in [0.3, 0.4) is 0 Å². The van der Waals surface area contributed by atoms with Gasteiger partial charge in [0.1, 0.15) is 0 Å². The predicted octanol–water partition coefficient (Wildman–Crippen LogP) is 2.97. The van der Waals surface area contributed by atoms with Crippen molar-refractivity contribution in [2.75, 3.05) is 36.8 Å². The molecule has 1 saturated heterocycles. The highest BCUT2D eigenvalue weighted by Crippen LogP contribution is 2.24. The van der Waals surface area contributed by atoms with E-state index in [2.05, 4.69) is 38.8 Å². The second kappa shape index (κ2) is 9.58. The molecular formula is C22H24N6OS. The molecule has 154 valence electrons. The SMILES string of the molecule is C=CCn1c(SCC(=O)N2CCN(c3ccccc3)CC2)nnc1-c1cccnc1. The van der Waals surface area contributed by atoms with Crippen molar-refractivity contribution >= 4 is 23.4 Å². The van der Waals surface area contributed by atoms with Gasteiger partial charge in [0, 0.05) is 56.4 Å². The molecule has 0 spiro atoms. The molecule has 7 nitrogen and oxygen atoms in total. The lowest BCUT2D eigenvalue weighted by atomic mass is 10.2. The number of hydrogen-bond donors (Lipinski definition) is 0. The molecule has 30 heavy (non-hydrogen) atoms. The summed E-state index contributed by atoms with van der Waals surface area (Å²) in [5, 5.41) is 9.33. The van der Waals surface area contributed by atoms with Crippen LogP contribution in [0.4, 0.5) is 5.69 Å². The van der Waals surface area contributed by atoms with Crippen LogP contribution in [0.5, 0.6) is 0 Å². The molecule has 1 aliphatic heterocycles. The van der Waals surface area contributed by atoms with E-state index in [0.717, 1.165) is 37.6 Å². The molecule has 0 saturated carbocycles. The number of thioether (sulfide) groups is 1. The first-order valence-corrected chi connectivity index (χ1v) is 10.9. The average Bonchev–Trinajstić information content (AvgIpc) is 3.21. The summed E-state index contributed by atoms with van der Waals surface area (Å²) in [6.45, 7) is 7.56. The van der Waals surface area contributed by atoms with Gasteiger partial charge in [-0.2, -0.15) is 0 Å². The first kappa shape index (κ1) is 20.2. The van der Waals surface area contributed by atoms with Crippen LogP contribution in [-0.2, 0) is 11.3 Å². The number of benzene rings is 1. The van der Waals surface area contributed by atoms with E-state index in [1.807, 2.05) is 39.8 Å². The highest BCUT2D eigenvalue weighted by molar-refractivity contribution is 7.99. The Bertz CT molecular complexity index is 983. The molecule has 0 N–H and O–H groups in total. The van der Waals surface area contributed by atoms with E-state index in [4.69, 9.17) is 0 Å². The van der Waals surface area contributed by atoms with Gasteiger partial charge in [-0.05, 0) is 24.3 Å². The van der Waals surface area contributed by atoms with Gasteiger partial charge >= 0.3 is 0 Å². The maximum absolute atomic E-state index is 12.8. The van der Waals surface area contributed by atoms with Crippen LogP contribution >= 0.6 is 11.8 Å². The Morgan fingerprint density at radius 3 is 2.57 bits per heavy atom. The number of allylic oxidation sites excluding steroid dienone is 1. The topological polar surface area (TPSA) is 67.2 Å². The number of carbonyl (C=O) groups is 1. The molecule has 0 aliphatic carbocycles. The molecule has 3 aromatic rings. The summed E-state index contributed by atoms with van der Waals surface area (Å²) in [5.74, 6) is 1.20. The molecule has 1 aromatic carbocycles. The fraction of sp³-hybridized carbons (Fsp3) is 0.273. The zero-order valence-corrected chi connectivity index (χ0v) is 17.5. The Kier molecular flexibility index (Phi) is 6.44. The summed E-state index contributed by atoms with van der Waals surface area (Å²) in [6.07, 6.45) is 5.29. The number of aromatic nitrogens is 4. The maximum Gasteiger partial charge on any atom is 0.233 e. The van der Waals surface area contributed by atoms with E-state index in [1.54, 1.807) is 18.5 Å². The Hall–Kier alpha value is -3.13. The lowest BCUT2D eigenvalue weighted by Gasteiger charge is -2.36. The van der Waals surface area contributed by atoms with Crippen LogP contribution in [0.1, 0.15) is 0 Å². The fourth-order valence-corrected chi connectivity index (χ4v) is 4.32. The van der Waals surface area contributed by atoms with Gasteiger partial charge in [0.05, 0.1) is 5.75 Å². The third-order valence-corrected chi connectivity index (χ3v) is 5.98.